The Bertz CT molecular complexity index is 997. The predicted molar refractivity (Wildman–Crippen MR) is 105 cm³/mol. The highest BCUT2D eigenvalue weighted by atomic mass is 16.6. The van der Waals surface area contributed by atoms with Gasteiger partial charge >= 0.3 is 6.09 Å². The first-order valence-corrected chi connectivity index (χ1v) is 9.84. The van der Waals surface area contributed by atoms with E-state index >= 15 is 0 Å². The van der Waals surface area contributed by atoms with Gasteiger partial charge in [-0.2, -0.15) is 0 Å². The Labute approximate surface area is 172 Å². The number of aromatic nitrogens is 4. The fourth-order valence-corrected chi connectivity index (χ4v) is 3.90. The summed E-state index contributed by atoms with van der Waals surface area (Å²) >= 11 is 0. The number of alkyl carbamates (subject to hydrolysis) is 1. The van der Waals surface area contributed by atoms with Crippen molar-refractivity contribution in [3.05, 3.63) is 66.2 Å². The van der Waals surface area contributed by atoms with E-state index in [-0.39, 0.29) is 24.9 Å². The Balaban J connectivity index is 1.23. The monoisotopic (exact) mass is 407 g/mol. The van der Waals surface area contributed by atoms with Gasteiger partial charge in [-0.05, 0) is 16.0 Å². The first-order chi connectivity index (χ1) is 14.8. The Hall–Kier alpha value is -3.30. The lowest BCUT2D eigenvalue weighted by atomic mass is 10.1. The molecule has 2 fully saturated rings. The van der Waals surface area contributed by atoms with Crippen LogP contribution in [0.5, 0.6) is 0 Å². The van der Waals surface area contributed by atoms with Crippen LogP contribution in [-0.2, 0) is 20.8 Å². The van der Waals surface area contributed by atoms with Gasteiger partial charge in [-0.15, -0.1) is 5.10 Å². The van der Waals surface area contributed by atoms with E-state index in [1.165, 1.54) is 0 Å². The van der Waals surface area contributed by atoms with Crippen molar-refractivity contribution in [2.24, 2.45) is 0 Å². The van der Waals surface area contributed by atoms with Gasteiger partial charge in [0.25, 0.3) is 0 Å². The molecular weight excluding hydrogens is 386 g/mol. The lowest BCUT2D eigenvalue weighted by Crippen LogP contribution is -2.37. The van der Waals surface area contributed by atoms with Gasteiger partial charge in [-0.3, -0.25) is 0 Å². The van der Waals surface area contributed by atoms with Crippen molar-refractivity contribution in [2.75, 3.05) is 13.2 Å². The van der Waals surface area contributed by atoms with Crippen molar-refractivity contribution in [1.82, 2.24) is 25.5 Å². The van der Waals surface area contributed by atoms with E-state index < -0.39 is 12.2 Å². The first kappa shape index (κ1) is 18.7. The summed E-state index contributed by atoms with van der Waals surface area (Å²) < 4.78 is 19.2. The van der Waals surface area contributed by atoms with Crippen molar-refractivity contribution in [1.29, 1.82) is 0 Å². The zero-order valence-electron chi connectivity index (χ0n) is 16.1. The van der Waals surface area contributed by atoms with Crippen molar-refractivity contribution in [3.63, 3.8) is 0 Å². The second-order valence-electron chi connectivity index (χ2n) is 7.26. The van der Waals surface area contributed by atoms with Crippen LogP contribution in [0.2, 0.25) is 0 Å². The van der Waals surface area contributed by atoms with Crippen LogP contribution in [0, 0.1) is 0 Å². The van der Waals surface area contributed by atoms with Gasteiger partial charge in [-0.25, -0.2) is 9.48 Å². The summed E-state index contributed by atoms with van der Waals surface area (Å²) in [5, 5.41) is 14.9. The Morgan fingerprint density at radius 2 is 1.77 bits per heavy atom. The second-order valence-corrected chi connectivity index (χ2v) is 7.26. The van der Waals surface area contributed by atoms with E-state index in [0.29, 0.717) is 19.0 Å². The molecule has 0 spiro atoms. The third-order valence-electron chi connectivity index (χ3n) is 5.36. The van der Waals surface area contributed by atoms with Gasteiger partial charge in [0.05, 0.1) is 13.2 Å². The standard InChI is InChI=1S/C21H21N5O4/c27-21(22-11-14-7-3-1-4-8-14)30-17-13-29-18-16(12-28-19(17)18)26-20(23-24-25-26)15-9-5-2-6-10-15/h1-10,16-19H,11-13H2,(H,22,27). The number of fused-ring (bicyclic) bond motifs is 1. The molecule has 1 amide bonds. The van der Waals surface area contributed by atoms with E-state index in [0.717, 1.165) is 11.1 Å². The maximum Gasteiger partial charge on any atom is 0.407 e. The number of benzene rings is 2. The Morgan fingerprint density at radius 1 is 1.03 bits per heavy atom. The summed E-state index contributed by atoms with van der Waals surface area (Å²) in [6.45, 7) is 1.05. The van der Waals surface area contributed by atoms with Crippen molar-refractivity contribution < 1.29 is 19.0 Å². The molecule has 0 aliphatic carbocycles. The maximum absolute atomic E-state index is 12.2. The molecule has 2 saturated heterocycles. The number of tetrazole rings is 1. The average Bonchev–Trinajstić information content (AvgIpc) is 3.51. The Kier molecular flexibility index (Phi) is 5.12. The van der Waals surface area contributed by atoms with Crippen LogP contribution in [0.25, 0.3) is 11.4 Å². The normalized spacial score (nSPS) is 25.1. The topological polar surface area (TPSA) is 100 Å². The van der Waals surface area contributed by atoms with E-state index in [1.54, 1.807) is 4.68 Å². The molecule has 4 atom stereocenters. The molecule has 0 radical (unpaired) electrons. The van der Waals surface area contributed by atoms with Gasteiger partial charge in [0.15, 0.2) is 11.9 Å². The molecule has 5 rings (SSSR count). The average molecular weight is 407 g/mol. The molecule has 1 aromatic heterocycles. The van der Waals surface area contributed by atoms with Crippen LogP contribution < -0.4 is 5.32 Å². The molecule has 4 unspecified atom stereocenters. The highest BCUT2D eigenvalue weighted by molar-refractivity contribution is 5.67. The maximum atomic E-state index is 12.2. The van der Waals surface area contributed by atoms with Crippen LogP contribution in [0.15, 0.2) is 60.7 Å². The molecule has 30 heavy (non-hydrogen) atoms. The summed E-state index contributed by atoms with van der Waals surface area (Å²) in [7, 11) is 0. The van der Waals surface area contributed by atoms with Crippen molar-refractivity contribution >= 4 is 6.09 Å². The van der Waals surface area contributed by atoms with Crippen LogP contribution >= 0.6 is 0 Å². The first-order valence-electron chi connectivity index (χ1n) is 9.84. The minimum atomic E-state index is -0.493. The van der Waals surface area contributed by atoms with Gasteiger partial charge in [0, 0.05) is 12.1 Å². The van der Waals surface area contributed by atoms with Crippen LogP contribution in [-0.4, -0.2) is 57.8 Å². The Morgan fingerprint density at radius 3 is 2.57 bits per heavy atom. The molecule has 0 bridgehead atoms. The predicted octanol–water partition coefficient (Wildman–Crippen LogP) is 1.97. The molecule has 2 aromatic carbocycles. The second kappa shape index (κ2) is 8.21. The van der Waals surface area contributed by atoms with Gasteiger partial charge in [0.1, 0.15) is 18.2 Å². The van der Waals surface area contributed by atoms with E-state index in [1.807, 2.05) is 60.7 Å². The number of ether oxygens (including phenoxy) is 3. The van der Waals surface area contributed by atoms with E-state index in [9.17, 15) is 4.79 Å². The van der Waals surface area contributed by atoms with Gasteiger partial charge in [0.2, 0.25) is 0 Å². The summed E-state index contributed by atoms with van der Waals surface area (Å²) in [5.74, 6) is 0.651. The minimum Gasteiger partial charge on any atom is -0.441 e. The number of nitrogens with one attached hydrogen (secondary N) is 1. The van der Waals surface area contributed by atoms with E-state index in [2.05, 4.69) is 20.8 Å². The smallest absolute Gasteiger partial charge is 0.407 e. The van der Waals surface area contributed by atoms with Crippen molar-refractivity contribution in [3.8, 4) is 11.4 Å². The molecule has 3 heterocycles. The zero-order valence-corrected chi connectivity index (χ0v) is 16.1. The number of amides is 1. The van der Waals surface area contributed by atoms with Gasteiger partial charge < -0.3 is 19.5 Å². The lowest BCUT2D eigenvalue weighted by Gasteiger charge is -2.18. The van der Waals surface area contributed by atoms with Crippen molar-refractivity contribution in [2.45, 2.75) is 30.9 Å². The number of hydrogen-bond donors (Lipinski definition) is 1. The quantitative estimate of drug-likeness (QED) is 0.690. The molecule has 2 aliphatic rings. The lowest BCUT2D eigenvalue weighted by molar-refractivity contribution is 0.00290. The number of carbonyl (C=O) groups excluding carboxylic acids is 1. The van der Waals surface area contributed by atoms with Gasteiger partial charge in [-0.1, -0.05) is 60.7 Å². The SMILES string of the molecule is O=C(NCc1ccccc1)OC1COC2C1OCC2n1nnnc1-c1ccccc1. The fourth-order valence-electron chi connectivity index (χ4n) is 3.90. The molecule has 9 nitrogen and oxygen atoms in total. The molecule has 3 aromatic rings. The largest absolute Gasteiger partial charge is 0.441 e. The highest BCUT2D eigenvalue weighted by Crippen LogP contribution is 2.36. The summed E-state index contributed by atoms with van der Waals surface area (Å²) in [5.41, 5.74) is 1.91. The van der Waals surface area contributed by atoms with Crippen LogP contribution in [0.1, 0.15) is 11.6 Å². The molecule has 154 valence electrons. The van der Waals surface area contributed by atoms with Crippen LogP contribution in [0.3, 0.4) is 0 Å². The number of nitrogens with zero attached hydrogens (tertiary/aromatic N) is 4. The fraction of sp³-hybridized carbons (Fsp3) is 0.333. The third kappa shape index (κ3) is 3.64. The molecule has 0 saturated carbocycles. The molecular formula is C21H21N5O4. The number of carbonyl (C=O) groups is 1. The summed E-state index contributed by atoms with van der Waals surface area (Å²) in [6, 6.07) is 19.2. The minimum absolute atomic E-state index is 0.193. The third-order valence-corrected chi connectivity index (χ3v) is 5.36. The molecule has 1 N–H and O–H groups in total. The molecule has 9 heteroatoms. The van der Waals surface area contributed by atoms with E-state index in [4.69, 9.17) is 14.2 Å². The number of rotatable bonds is 5. The summed E-state index contributed by atoms with van der Waals surface area (Å²) in [6.07, 6.45) is -1.62. The zero-order chi connectivity index (χ0) is 20.3. The summed E-state index contributed by atoms with van der Waals surface area (Å²) in [4.78, 5) is 12.2. The number of hydrogen-bond acceptors (Lipinski definition) is 7. The van der Waals surface area contributed by atoms with Crippen LogP contribution in [0.4, 0.5) is 4.79 Å². The highest BCUT2D eigenvalue weighted by Gasteiger charge is 2.51. The molecule has 2 aliphatic heterocycles.